The Balaban J connectivity index is 2.33. The van der Waals surface area contributed by atoms with Gasteiger partial charge in [0.2, 0.25) is 0 Å². The lowest BCUT2D eigenvalue weighted by Gasteiger charge is -2.10. The smallest absolute Gasteiger partial charge is 0.0371 e. The first-order valence-electron chi connectivity index (χ1n) is 3.92. The number of anilines is 1. The van der Waals surface area contributed by atoms with E-state index in [1.807, 2.05) is 12.1 Å². The highest BCUT2D eigenvalue weighted by atomic mass is 14.9. The Morgan fingerprint density at radius 3 is 2.67 bits per heavy atom. The Morgan fingerprint density at radius 1 is 1.42 bits per heavy atom. The van der Waals surface area contributed by atoms with Crippen molar-refractivity contribution in [2.75, 3.05) is 18.4 Å². The van der Waals surface area contributed by atoms with Gasteiger partial charge in [-0.25, -0.2) is 0 Å². The van der Waals surface area contributed by atoms with Gasteiger partial charge in [-0.2, -0.15) is 0 Å². The largest absolute Gasteiger partial charge is 0.383 e. The van der Waals surface area contributed by atoms with Crippen molar-refractivity contribution in [3.8, 4) is 0 Å². The highest BCUT2D eigenvalue weighted by Gasteiger charge is 1.97. The Kier molecular flexibility index (Phi) is 3.50. The predicted molar refractivity (Wildman–Crippen MR) is 49.8 cm³/mol. The molecule has 0 saturated carbocycles. The van der Waals surface area contributed by atoms with E-state index in [9.17, 15) is 0 Å². The average molecular weight is 166 g/mol. The molecule has 1 atom stereocenters. The molecule has 1 aromatic rings. The molecular weight excluding hydrogens is 152 g/mol. The second kappa shape index (κ2) is 4.69. The van der Waals surface area contributed by atoms with Crippen LogP contribution in [0, 0.1) is 0 Å². The maximum Gasteiger partial charge on any atom is 0.0371 e. The molecule has 1 aromatic heterocycles. The van der Waals surface area contributed by atoms with E-state index in [0.29, 0.717) is 13.1 Å². The quantitative estimate of drug-likeness (QED) is 0.578. The third-order valence-corrected chi connectivity index (χ3v) is 1.55. The van der Waals surface area contributed by atoms with Crippen molar-refractivity contribution in [3.05, 3.63) is 24.5 Å². The minimum atomic E-state index is 0.0122. The Bertz CT molecular complexity index is 212. The van der Waals surface area contributed by atoms with Crippen LogP contribution in [0.5, 0.6) is 0 Å². The predicted octanol–water partition coefficient (Wildman–Crippen LogP) is -0.221. The molecular formula is C8H14N4. The van der Waals surface area contributed by atoms with Crippen LogP contribution in [0.3, 0.4) is 0 Å². The number of aromatic nitrogens is 1. The molecule has 4 heteroatoms. The SMILES string of the molecule is NCC(N)CNc1ccncc1. The molecule has 5 N–H and O–H groups in total. The summed E-state index contributed by atoms with van der Waals surface area (Å²) in [5.41, 5.74) is 12.0. The molecule has 0 saturated heterocycles. The first-order chi connectivity index (χ1) is 5.83. The van der Waals surface area contributed by atoms with Crippen LogP contribution in [0.2, 0.25) is 0 Å². The van der Waals surface area contributed by atoms with Crippen molar-refractivity contribution in [1.82, 2.24) is 4.98 Å². The summed E-state index contributed by atoms with van der Waals surface area (Å²) in [5.74, 6) is 0. The van der Waals surface area contributed by atoms with Crippen molar-refractivity contribution in [3.63, 3.8) is 0 Å². The molecule has 0 bridgehead atoms. The van der Waals surface area contributed by atoms with E-state index in [1.54, 1.807) is 12.4 Å². The third kappa shape index (κ3) is 2.86. The summed E-state index contributed by atoms with van der Waals surface area (Å²) in [6.07, 6.45) is 3.46. The van der Waals surface area contributed by atoms with E-state index in [0.717, 1.165) is 5.69 Å². The van der Waals surface area contributed by atoms with Crippen LogP contribution < -0.4 is 16.8 Å². The van der Waals surface area contributed by atoms with Crippen molar-refractivity contribution in [1.29, 1.82) is 0 Å². The fourth-order valence-electron chi connectivity index (χ4n) is 0.802. The molecule has 0 fully saturated rings. The van der Waals surface area contributed by atoms with Crippen LogP contribution in [0.15, 0.2) is 24.5 Å². The highest BCUT2D eigenvalue weighted by Crippen LogP contribution is 2.01. The van der Waals surface area contributed by atoms with Gasteiger partial charge in [-0.3, -0.25) is 4.98 Å². The molecule has 0 radical (unpaired) electrons. The molecule has 0 aliphatic carbocycles. The molecule has 0 aliphatic rings. The summed E-state index contributed by atoms with van der Waals surface area (Å²) in [4.78, 5) is 3.90. The van der Waals surface area contributed by atoms with E-state index in [-0.39, 0.29) is 6.04 Å². The topological polar surface area (TPSA) is 77.0 Å². The molecule has 0 aliphatic heterocycles. The second-order valence-corrected chi connectivity index (χ2v) is 2.61. The summed E-state index contributed by atoms with van der Waals surface area (Å²) >= 11 is 0. The Morgan fingerprint density at radius 2 is 2.08 bits per heavy atom. The fourth-order valence-corrected chi connectivity index (χ4v) is 0.802. The second-order valence-electron chi connectivity index (χ2n) is 2.61. The normalized spacial score (nSPS) is 12.5. The zero-order valence-electron chi connectivity index (χ0n) is 6.90. The standard InChI is InChI=1S/C8H14N4/c9-5-7(10)6-12-8-1-3-11-4-2-8/h1-4,7H,5-6,9-10H2,(H,11,12). The molecule has 12 heavy (non-hydrogen) atoms. The lowest BCUT2D eigenvalue weighted by Crippen LogP contribution is -2.36. The molecule has 0 amide bonds. The zero-order chi connectivity index (χ0) is 8.81. The number of rotatable bonds is 4. The summed E-state index contributed by atoms with van der Waals surface area (Å²) in [7, 11) is 0. The first-order valence-corrected chi connectivity index (χ1v) is 3.92. The maximum absolute atomic E-state index is 5.62. The Hall–Kier alpha value is -1.13. The van der Waals surface area contributed by atoms with Crippen LogP contribution in [0.1, 0.15) is 0 Å². The van der Waals surface area contributed by atoms with Crippen LogP contribution in [0.4, 0.5) is 5.69 Å². The molecule has 1 unspecified atom stereocenters. The number of hydrogen-bond donors (Lipinski definition) is 3. The van der Waals surface area contributed by atoms with Crippen molar-refractivity contribution in [2.45, 2.75) is 6.04 Å². The summed E-state index contributed by atoms with van der Waals surface area (Å²) < 4.78 is 0. The van der Waals surface area contributed by atoms with Gasteiger partial charge in [-0.05, 0) is 12.1 Å². The van der Waals surface area contributed by atoms with E-state index in [2.05, 4.69) is 10.3 Å². The molecule has 66 valence electrons. The van der Waals surface area contributed by atoms with Crippen LogP contribution >= 0.6 is 0 Å². The molecule has 1 rings (SSSR count). The molecule has 0 spiro atoms. The monoisotopic (exact) mass is 166 g/mol. The highest BCUT2D eigenvalue weighted by molar-refractivity contribution is 5.40. The van der Waals surface area contributed by atoms with Crippen LogP contribution in [-0.4, -0.2) is 24.1 Å². The number of nitrogens with zero attached hydrogens (tertiary/aromatic N) is 1. The molecule has 4 nitrogen and oxygen atoms in total. The van der Waals surface area contributed by atoms with Crippen LogP contribution in [0.25, 0.3) is 0 Å². The van der Waals surface area contributed by atoms with Gasteiger partial charge in [-0.1, -0.05) is 0 Å². The summed E-state index contributed by atoms with van der Waals surface area (Å²) in [6.45, 7) is 1.19. The van der Waals surface area contributed by atoms with Gasteiger partial charge in [0.15, 0.2) is 0 Å². The third-order valence-electron chi connectivity index (χ3n) is 1.55. The minimum absolute atomic E-state index is 0.0122. The molecule has 0 aromatic carbocycles. The average Bonchev–Trinajstić information content (AvgIpc) is 2.16. The van der Waals surface area contributed by atoms with Gasteiger partial charge in [-0.15, -0.1) is 0 Å². The lowest BCUT2D eigenvalue weighted by atomic mass is 10.3. The number of nitrogens with one attached hydrogen (secondary N) is 1. The number of nitrogens with two attached hydrogens (primary N) is 2. The van der Waals surface area contributed by atoms with E-state index in [4.69, 9.17) is 11.5 Å². The van der Waals surface area contributed by atoms with Gasteiger partial charge in [0, 0.05) is 37.2 Å². The van der Waals surface area contributed by atoms with E-state index >= 15 is 0 Å². The van der Waals surface area contributed by atoms with Crippen molar-refractivity contribution in [2.24, 2.45) is 11.5 Å². The van der Waals surface area contributed by atoms with E-state index < -0.39 is 0 Å². The van der Waals surface area contributed by atoms with Gasteiger partial charge in [0.25, 0.3) is 0 Å². The van der Waals surface area contributed by atoms with Gasteiger partial charge < -0.3 is 16.8 Å². The van der Waals surface area contributed by atoms with Crippen molar-refractivity contribution >= 4 is 5.69 Å². The molecule has 1 heterocycles. The number of hydrogen-bond acceptors (Lipinski definition) is 4. The van der Waals surface area contributed by atoms with Gasteiger partial charge in [0.05, 0.1) is 0 Å². The fraction of sp³-hybridized carbons (Fsp3) is 0.375. The zero-order valence-corrected chi connectivity index (χ0v) is 6.90. The minimum Gasteiger partial charge on any atom is -0.383 e. The summed E-state index contributed by atoms with van der Waals surface area (Å²) in [5, 5.41) is 3.15. The summed E-state index contributed by atoms with van der Waals surface area (Å²) in [6, 6.07) is 3.80. The van der Waals surface area contributed by atoms with Gasteiger partial charge >= 0.3 is 0 Å². The lowest BCUT2D eigenvalue weighted by molar-refractivity contribution is 0.713. The van der Waals surface area contributed by atoms with Crippen molar-refractivity contribution < 1.29 is 0 Å². The maximum atomic E-state index is 5.62. The van der Waals surface area contributed by atoms with Gasteiger partial charge in [0.1, 0.15) is 0 Å². The Labute approximate surface area is 72.0 Å². The first kappa shape index (κ1) is 8.96. The van der Waals surface area contributed by atoms with Crippen LogP contribution in [-0.2, 0) is 0 Å². The number of pyridine rings is 1. The van der Waals surface area contributed by atoms with E-state index in [1.165, 1.54) is 0 Å².